The lowest BCUT2D eigenvalue weighted by atomic mass is 9.94. The molecule has 2 aromatic heterocycles. The van der Waals surface area contributed by atoms with Crippen LogP contribution in [0.4, 0.5) is 13.2 Å². The molecular formula is C55H37F3N4. The number of alkyl halides is 3. The van der Waals surface area contributed by atoms with Gasteiger partial charge in [0.1, 0.15) is 6.07 Å². The third-order valence-electron chi connectivity index (χ3n) is 11.9. The number of hydrogen-bond donors (Lipinski definition) is 0. The molecule has 0 saturated heterocycles. The highest BCUT2D eigenvalue weighted by atomic mass is 19.4. The number of aromatic nitrogens is 2. The zero-order chi connectivity index (χ0) is 43.0. The Hall–Kier alpha value is -7.87. The van der Waals surface area contributed by atoms with E-state index in [1.807, 2.05) is 54.6 Å². The third-order valence-corrected chi connectivity index (χ3v) is 11.9. The maximum absolute atomic E-state index is 14.2. The van der Waals surface area contributed by atoms with E-state index < -0.39 is 11.7 Å². The smallest absolute Gasteiger partial charge is 0.309 e. The molecule has 0 N–H and O–H groups in total. The maximum atomic E-state index is 14.2. The predicted molar refractivity (Wildman–Crippen MR) is 245 cm³/mol. The first kappa shape index (κ1) is 38.3. The molecule has 0 atom stereocenters. The lowest BCUT2D eigenvalue weighted by molar-refractivity contribution is -0.137. The zero-order valence-electron chi connectivity index (χ0n) is 34.4. The molecule has 0 bridgehead atoms. The highest BCUT2D eigenvalue weighted by Crippen LogP contribution is 2.44. The summed E-state index contributed by atoms with van der Waals surface area (Å²) in [6.45, 7) is 8.29. The van der Waals surface area contributed by atoms with Crippen molar-refractivity contribution in [2.24, 2.45) is 0 Å². The van der Waals surface area contributed by atoms with Gasteiger partial charge in [0.2, 0.25) is 0 Å². The quantitative estimate of drug-likeness (QED) is 0.174. The Balaban J connectivity index is 1.33. The Morgan fingerprint density at radius 1 is 0.403 bits per heavy atom. The van der Waals surface area contributed by atoms with Crippen molar-refractivity contribution in [3.8, 4) is 56.9 Å². The van der Waals surface area contributed by atoms with Gasteiger partial charge in [-0.05, 0) is 98.5 Å². The fourth-order valence-electron chi connectivity index (χ4n) is 9.40. The van der Waals surface area contributed by atoms with Crippen LogP contribution in [-0.4, -0.2) is 9.13 Å². The van der Waals surface area contributed by atoms with Crippen LogP contribution < -0.4 is 0 Å². The summed E-state index contributed by atoms with van der Waals surface area (Å²) < 4.78 is 46.8. The molecule has 8 aromatic carbocycles. The van der Waals surface area contributed by atoms with Gasteiger partial charge in [-0.2, -0.15) is 23.7 Å². The summed E-state index contributed by atoms with van der Waals surface area (Å²) in [6, 6.07) is 53.2. The SMILES string of the molecule is Cc1cc(C)cc(-c2ccc3c4ccccc4n(-c4cc(-c5ccc(C(F)(F)F)cc5C#N)c(-n5c6ccccc6c6ccc(-c7cc(C)cc(C)c7)cc65)cc4C#N)c3c2)c1. The summed E-state index contributed by atoms with van der Waals surface area (Å²) in [5, 5.41) is 25.7. The molecular weight excluding hydrogens is 774 g/mol. The van der Waals surface area contributed by atoms with Crippen LogP contribution in [0.25, 0.3) is 88.4 Å². The summed E-state index contributed by atoms with van der Waals surface area (Å²) in [5.41, 5.74) is 13.3. The fourth-order valence-corrected chi connectivity index (χ4v) is 9.40. The third kappa shape index (κ3) is 6.30. The van der Waals surface area contributed by atoms with Crippen LogP contribution in [0.15, 0.2) is 152 Å². The Labute approximate surface area is 356 Å². The number of nitrogens with zero attached hydrogens (tertiary/aromatic N) is 4. The largest absolute Gasteiger partial charge is 0.416 e. The number of hydrogen-bond acceptors (Lipinski definition) is 2. The van der Waals surface area contributed by atoms with E-state index in [1.165, 1.54) is 6.07 Å². The van der Waals surface area contributed by atoms with Crippen molar-refractivity contribution in [2.75, 3.05) is 0 Å². The second-order valence-corrected chi connectivity index (χ2v) is 16.3. The highest BCUT2D eigenvalue weighted by molar-refractivity contribution is 6.12. The molecule has 0 fully saturated rings. The van der Waals surface area contributed by atoms with Crippen LogP contribution in [0.3, 0.4) is 0 Å². The van der Waals surface area contributed by atoms with E-state index in [2.05, 4.69) is 128 Å². The summed E-state index contributed by atoms with van der Waals surface area (Å²) >= 11 is 0. The Bertz CT molecular complexity index is 3550. The number of para-hydroxylation sites is 2. The Kier molecular flexibility index (Phi) is 8.91. The molecule has 0 spiro atoms. The van der Waals surface area contributed by atoms with Crippen LogP contribution in [-0.2, 0) is 6.18 Å². The van der Waals surface area contributed by atoms with Gasteiger partial charge >= 0.3 is 6.18 Å². The summed E-state index contributed by atoms with van der Waals surface area (Å²) in [6.07, 6.45) is -4.66. The van der Waals surface area contributed by atoms with Crippen molar-refractivity contribution in [1.82, 2.24) is 9.13 Å². The second kappa shape index (κ2) is 14.4. The molecule has 0 radical (unpaired) electrons. The van der Waals surface area contributed by atoms with Crippen molar-refractivity contribution in [3.63, 3.8) is 0 Å². The van der Waals surface area contributed by atoms with Gasteiger partial charge in [0.25, 0.3) is 0 Å². The summed E-state index contributed by atoms with van der Waals surface area (Å²) in [5.74, 6) is 0. The van der Waals surface area contributed by atoms with E-state index in [0.29, 0.717) is 28.1 Å². The minimum atomic E-state index is -4.66. The van der Waals surface area contributed by atoms with E-state index in [4.69, 9.17) is 0 Å². The first-order valence-electron chi connectivity index (χ1n) is 20.3. The normalized spacial score (nSPS) is 11.8. The topological polar surface area (TPSA) is 57.4 Å². The average Bonchev–Trinajstić information content (AvgIpc) is 3.76. The summed E-state index contributed by atoms with van der Waals surface area (Å²) in [7, 11) is 0. The van der Waals surface area contributed by atoms with Gasteiger partial charge in [0, 0.05) is 32.7 Å². The van der Waals surface area contributed by atoms with E-state index in [0.717, 1.165) is 100 Å². The molecule has 0 aliphatic rings. The minimum Gasteiger partial charge on any atom is -0.309 e. The van der Waals surface area contributed by atoms with Gasteiger partial charge in [-0.3, -0.25) is 0 Å². The first-order chi connectivity index (χ1) is 29.9. The number of halogens is 3. The van der Waals surface area contributed by atoms with Gasteiger partial charge in [0.05, 0.1) is 56.2 Å². The van der Waals surface area contributed by atoms with Gasteiger partial charge in [-0.1, -0.05) is 125 Å². The van der Waals surface area contributed by atoms with Crippen LogP contribution in [0, 0.1) is 50.4 Å². The molecule has 0 unspecified atom stereocenters. The lowest BCUT2D eigenvalue weighted by Crippen LogP contribution is -2.07. The molecule has 62 heavy (non-hydrogen) atoms. The average molecular weight is 811 g/mol. The standard InChI is InChI=1S/C55H37F3N4/c1-32-19-33(2)22-38(21-32)36-13-16-46-44-9-5-7-11-49(44)61(52(46)26-36)51-29-48(43-18-15-42(55(56,57)58)25-40(43)30-59)54(28-41(51)31-60)62-50-12-8-6-10-45(50)47-17-14-37(27-53(47)62)39-23-34(3)20-35(4)24-39/h5-29H,1-4H3. The predicted octanol–water partition coefficient (Wildman–Crippen LogP) is 14.9. The fraction of sp³-hybridized carbons (Fsp3) is 0.0909. The van der Waals surface area contributed by atoms with Gasteiger partial charge in [0.15, 0.2) is 0 Å². The maximum Gasteiger partial charge on any atom is 0.416 e. The number of fused-ring (bicyclic) bond motifs is 6. The van der Waals surface area contributed by atoms with E-state index >= 15 is 0 Å². The molecule has 10 aromatic rings. The van der Waals surface area contributed by atoms with Gasteiger partial charge in [-0.15, -0.1) is 0 Å². The molecule has 0 aliphatic carbocycles. The number of aryl methyl sites for hydroxylation is 4. The van der Waals surface area contributed by atoms with Crippen molar-refractivity contribution in [2.45, 2.75) is 33.9 Å². The van der Waals surface area contributed by atoms with Crippen LogP contribution in [0.5, 0.6) is 0 Å². The molecule has 0 aliphatic heterocycles. The molecule has 10 rings (SSSR count). The van der Waals surface area contributed by atoms with E-state index in [-0.39, 0.29) is 5.56 Å². The molecule has 2 heterocycles. The summed E-state index contributed by atoms with van der Waals surface area (Å²) in [4.78, 5) is 0. The Morgan fingerprint density at radius 2 is 0.871 bits per heavy atom. The Morgan fingerprint density at radius 3 is 1.35 bits per heavy atom. The lowest BCUT2D eigenvalue weighted by Gasteiger charge is -2.20. The number of rotatable bonds is 5. The van der Waals surface area contributed by atoms with Crippen molar-refractivity contribution in [3.05, 3.63) is 191 Å². The van der Waals surface area contributed by atoms with E-state index in [1.54, 1.807) is 0 Å². The van der Waals surface area contributed by atoms with Crippen molar-refractivity contribution < 1.29 is 13.2 Å². The van der Waals surface area contributed by atoms with Crippen LogP contribution in [0.2, 0.25) is 0 Å². The van der Waals surface area contributed by atoms with Gasteiger partial charge in [-0.25, -0.2) is 0 Å². The van der Waals surface area contributed by atoms with Gasteiger partial charge < -0.3 is 9.13 Å². The van der Waals surface area contributed by atoms with Crippen molar-refractivity contribution in [1.29, 1.82) is 10.5 Å². The molecule has 0 amide bonds. The minimum absolute atomic E-state index is 0.132. The molecule has 4 nitrogen and oxygen atoms in total. The van der Waals surface area contributed by atoms with Crippen LogP contribution in [0.1, 0.15) is 38.9 Å². The van der Waals surface area contributed by atoms with Crippen molar-refractivity contribution >= 4 is 43.6 Å². The number of nitriles is 2. The second-order valence-electron chi connectivity index (χ2n) is 16.3. The molecule has 0 saturated carbocycles. The highest BCUT2D eigenvalue weighted by Gasteiger charge is 2.32. The molecule has 298 valence electrons. The number of benzene rings is 8. The first-order valence-corrected chi connectivity index (χ1v) is 20.3. The monoisotopic (exact) mass is 810 g/mol. The molecule has 7 heteroatoms. The van der Waals surface area contributed by atoms with Crippen LogP contribution >= 0.6 is 0 Å². The van der Waals surface area contributed by atoms with E-state index in [9.17, 15) is 23.7 Å². The zero-order valence-corrected chi connectivity index (χ0v) is 34.4.